The van der Waals surface area contributed by atoms with Crippen LogP contribution in [0.15, 0.2) is 17.4 Å². The maximum absolute atomic E-state index is 4.51. The van der Waals surface area contributed by atoms with Crippen molar-refractivity contribution in [3.63, 3.8) is 0 Å². The van der Waals surface area contributed by atoms with Gasteiger partial charge in [-0.2, -0.15) is 5.10 Å². The fourth-order valence-corrected chi connectivity index (χ4v) is 2.75. The smallest absolute Gasteiger partial charge is 0.191 e. The van der Waals surface area contributed by atoms with E-state index < -0.39 is 0 Å². The van der Waals surface area contributed by atoms with Crippen LogP contribution in [0.1, 0.15) is 21.1 Å². The topological polar surface area (TPSA) is 67.1 Å². The summed E-state index contributed by atoms with van der Waals surface area (Å²) in [4.78, 5) is 9.98. The lowest BCUT2D eigenvalue weighted by Gasteiger charge is -2.10. The van der Waals surface area contributed by atoms with E-state index in [4.69, 9.17) is 0 Å². The second kappa shape index (κ2) is 7.21. The zero-order chi connectivity index (χ0) is 15.2. The number of aliphatic imine (C=N–C) groups is 1. The minimum Gasteiger partial charge on any atom is -0.355 e. The first-order valence-corrected chi connectivity index (χ1v) is 7.76. The summed E-state index contributed by atoms with van der Waals surface area (Å²) in [6.45, 7) is 8.44. The van der Waals surface area contributed by atoms with Crippen LogP contribution >= 0.6 is 11.3 Å². The number of aromatic nitrogens is 3. The molecular weight excluding hydrogens is 284 g/mol. The van der Waals surface area contributed by atoms with Crippen molar-refractivity contribution in [1.82, 2.24) is 25.4 Å². The van der Waals surface area contributed by atoms with Crippen molar-refractivity contribution in [3.05, 3.63) is 33.5 Å². The van der Waals surface area contributed by atoms with E-state index in [-0.39, 0.29) is 0 Å². The van der Waals surface area contributed by atoms with Gasteiger partial charge in [-0.05, 0) is 26.3 Å². The molecule has 0 radical (unpaired) electrons. The summed E-state index contributed by atoms with van der Waals surface area (Å²) in [5.74, 6) is 0.782. The van der Waals surface area contributed by atoms with E-state index in [2.05, 4.69) is 32.6 Å². The maximum Gasteiger partial charge on any atom is 0.191 e. The molecule has 7 heteroatoms. The van der Waals surface area contributed by atoms with E-state index >= 15 is 0 Å². The Morgan fingerprint density at radius 2 is 2.14 bits per heavy atom. The number of guanidine groups is 1. The number of nitrogens with one attached hydrogen (secondary N) is 2. The predicted molar refractivity (Wildman–Crippen MR) is 86.8 cm³/mol. The summed E-state index contributed by atoms with van der Waals surface area (Å²) in [5.41, 5.74) is 2.28. The number of aryl methyl sites for hydroxylation is 3. The maximum atomic E-state index is 4.51. The molecule has 0 fully saturated rings. The van der Waals surface area contributed by atoms with Crippen LogP contribution in [0.4, 0.5) is 0 Å². The van der Waals surface area contributed by atoms with Gasteiger partial charge >= 0.3 is 0 Å². The molecule has 6 nitrogen and oxygen atoms in total. The molecule has 0 unspecified atom stereocenters. The van der Waals surface area contributed by atoms with Gasteiger partial charge in [-0.3, -0.25) is 9.67 Å². The summed E-state index contributed by atoms with van der Waals surface area (Å²) in [7, 11) is 1.77. The van der Waals surface area contributed by atoms with Crippen LogP contribution in [-0.4, -0.2) is 34.3 Å². The van der Waals surface area contributed by atoms with Crippen molar-refractivity contribution >= 4 is 17.3 Å². The third-order valence-electron chi connectivity index (χ3n) is 3.10. The fraction of sp³-hybridized carbons (Fsp3) is 0.500. The van der Waals surface area contributed by atoms with Gasteiger partial charge < -0.3 is 10.6 Å². The molecule has 21 heavy (non-hydrogen) atoms. The summed E-state index contributed by atoms with van der Waals surface area (Å²) >= 11 is 1.72. The molecule has 2 aromatic rings. The Hall–Kier alpha value is -1.89. The van der Waals surface area contributed by atoms with Gasteiger partial charge in [-0.15, -0.1) is 11.3 Å². The molecule has 114 valence electrons. The van der Waals surface area contributed by atoms with Gasteiger partial charge in [0.05, 0.1) is 25.0 Å². The van der Waals surface area contributed by atoms with E-state index in [0.29, 0.717) is 6.54 Å². The molecule has 0 aliphatic rings. The number of hydrogen-bond acceptors (Lipinski definition) is 4. The van der Waals surface area contributed by atoms with Crippen molar-refractivity contribution in [1.29, 1.82) is 0 Å². The minimum absolute atomic E-state index is 0.694. The Bertz CT molecular complexity index is 593. The number of hydrogen-bond donors (Lipinski definition) is 2. The van der Waals surface area contributed by atoms with Crippen LogP contribution in [0.5, 0.6) is 0 Å². The molecule has 2 N–H and O–H groups in total. The lowest BCUT2D eigenvalue weighted by Crippen LogP contribution is -2.38. The highest BCUT2D eigenvalue weighted by molar-refractivity contribution is 7.11. The van der Waals surface area contributed by atoms with E-state index in [1.165, 1.54) is 10.4 Å². The van der Waals surface area contributed by atoms with Crippen molar-refractivity contribution < 1.29 is 0 Å². The molecule has 0 amide bonds. The second-order valence-electron chi connectivity index (χ2n) is 4.88. The molecule has 0 saturated heterocycles. The zero-order valence-corrected chi connectivity index (χ0v) is 13.8. The van der Waals surface area contributed by atoms with Crippen molar-refractivity contribution in [2.75, 3.05) is 13.6 Å². The number of rotatable bonds is 5. The molecule has 0 aromatic carbocycles. The summed E-state index contributed by atoms with van der Waals surface area (Å²) in [6, 6.07) is 0. The van der Waals surface area contributed by atoms with E-state index in [1.54, 1.807) is 18.4 Å². The largest absolute Gasteiger partial charge is 0.355 e. The minimum atomic E-state index is 0.694. The molecule has 0 aliphatic carbocycles. The van der Waals surface area contributed by atoms with Gasteiger partial charge in [0.15, 0.2) is 5.96 Å². The lowest BCUT2D eigenvalue weighted by molar-refractivity contribution is 0.597. The number of nitrogens with zero attached hydrogens (tertiary/aromatic N) is 4. The average molecular weight is 306 g/mol. The molecule has 2 rings (SSSR count). The van der Waals surface area contributed by atoms with Gasteiger partial charge in [0.25, 0.3) is 0 Å². The normalized spacial score (nSPS) is 11.7. The highest BCUT2D eigenvalue weighted by Gasteiger charge is 2.04. The Balaban J connectivity index is 1.75. The van der Waals surface area contributed by atoms with Crippen molar-refractivity contribution in [2.45, 2.75) is 33.9 Å². The van der Waals surface area contributed by atoms with Gasteiger partial charge in [0, 0.05) is 24.7 Å². The SMILES string of the molecule is CN=C(NCCn1cc(C)cn1)NCc1nc(C)c(C)s1. The zero-order valence-electron chi connectivity index (χ0n) is 13.0. The summed E-state index contributed by atoms with van der Waals surface area (Å²) < 4.78 is 1.92. The van der Waals surface area contributed by atoms with Gasteiger partial charge in [0.2, 0.25) is 0 Å². The lowest BCUT2D eigenvalue weighted by atomic mass is 10.4. The van der Waals surface area contributed by atoms with E-state index in [0.717, 1.165) is 29.8 Å². The first-order chi connectivity index (χ1) is 10.1. The van der Waals surface area contributed by atoms with Crippen LogP contribution in [-0.2, 0) is 13.1 Å². The first kappa shape index (κ1) is 15.5. The second-order valence-corrected chi connectivity index (χ2v) is 6.17. The quantitative estimate of drug-likeness (QED) is 0.651. The Morgan fingerprint density at radius 3 is 2.71 bits per heavy atom. The fourth-order valence-electron chi connectivity index (χ4n) is 1.87. The Labute approximate surface area is 129 Å². The molecule has 2 heterocycles. The van der Waals surface area contributed by atoms with Gasteiger partial charge in [-0.1, -0.05) is 0 Å². The monoisotopic (exact) mass is 306 g/mol. The predicted octanol–water partition coefficient (Wildman–Crippen LogP) is 1.63. The summed E-state index contributed by atoms with van der Waals surface area (Å²) in [5, 5.41) is 11.9. The molecular formula is C14H22N6S. The Morgan fingerprint density at radius 1 is 1.33 bits per heavy atom. The third kappa shape index (κ3) is 4.56. The molecule has 0 aliphatic heterocycles. The van der Waals surface area contributed by atoms with E-state index in [9.17, 15) is 0 Å². The standard InChI is InChI=1S/C14H22N6S/c1-10-7-18-20(9-10)6-5-16-14(15-4)17-8-13-19-11(2)12(3)21-13/h7,9H,5-6,8H2,1-4H3,(H2,15,16,17). The van der Waals surface area contributed by atoms with Gasteiger partial charge in [0.1, 0.15) is 5.01 Å². The molecule has 0 bridgehead atoms. The van der Waals surface area contributed by atoms with Crippen LogP contribution in [0.3, 0.4) is 0 Å². The molecule has 0 atom stereocenters. The van der Waals surface area contributed by atoms with Gasteiger partial charge in [-0.25, -0.2) is 4.98 Å². The molecule has 2 aromatic heterocycles. The highest BCUT2D eigenvalue weighted by Crippen LogP contribution is 2.15. The number of thiazole rings is 1. The molecule has 0 spiro atoms. The average Bonchev–Trinajstić information content (AvgIpc) is 3.00. The van der Waals surface area contributed by atoms with Crippen molar-refractivity contribution in [2.24, 2.45) is 4.99 Å². The van der Waals surface area contributed by atoms with Crippen LogP contribution in [0.2, 0.25) is 0 Å². The highest BCUT2D eigenvalue weighted by atomic mass is 32.1. The third-order valence-corrected chi connectivity index (χ3v) is 4.17. The van der Waals surface area contributed by atoms with Crippen LogP contribution in [0.25, 0.3) is 0 Å². The molecule has 0 saturated carbocycles. The first-order valence-electron chi connectivity index (χ1n) is 6.95. The Kier molecular flexibility index (Phi) is 5.32. The van der Waals surface area contributed by atoms with Crippen molar-refractivity contribution in [3.8, 4) is 0 Å². The van der Waals surface area contributed by atoms with Crippen LogP contribution in [0, 0.1) is 20.8 Å². The summed E-state index contributed by atoms with van der Waals surface area (Å²) in [6.07, 6.45) is 3.89. The van der Waals surface area contributed by atoms with E-state index in [1.807, 2.05) is 30.9 Å². The van der Waals surface area contributed by atoms with Crippen LogP contribution < -0.4 is 10.6 Å².